The molecule has 1 aromatic rings. The van der Waals surface area contributed by atoms with Crippen molar-refractivity contribution in [3.05, 3.63) is 27.7 Å². The van der Waals surface area contributed by atoms with Gasteiger partial charge < -0.3 is 0 Å². The van der Waals surface area contributed by atoms with Crippen molar-refractivity contribution < 1.29 is 9.59 Å². The van der Waals surface area contributed by atoms with Gasteiger partial charge in [-0.3, -0.25) is 4.79 Å². The second-order valence-electron chi connectivity index (χ2n) is 2.15. The highest BCUT2D eigenvalue weighted by Gasteiger charge is 2.06. The fraction of sp³-hybridized carbons (Fsp3) is 0. The van der Waals surface area contributed by atoms with Crippen molar-refractivity contribution in [3.63, 3.8) is 0 Å². The van der Waals surface area contributed by atoms with Crippen LogP contribution in [0, 0.1) is 0 Å². The molecule has 1 aromatic carbocycles. The summed E-state index contributed by atoms with van der Waals surface area (Å²) in [6.45, 7) is 0. The summed E-state index contributed by atoms with van der Waals surface area (Å²) in [5.74, 6) is 0. The lowest BCUT2D eigenvalue weighted by molar-refractivity contribution is 0.112. The van der Waals surface area contributed by atoms with Crippen LogP contribution in [0.25, 0.3) is 0 Å². The van der Waals surface area contributed by atoms with E-state index in [2.05, 4.69) is 4.99 Å². The molecule has 0 aliphatic heterocycles. The molecule has 0 saturated carbocycles. The highest BCUT2D eigenvalue weighted by Crippen LogP contribution is 2.33. The zero-order chi connectivity index (χ0) is 9.84. The Kier molecular flexibility index (Phi) is 3.20. The Hall–Kier alpha value is -1.15. The number of hydrogen-bond acceptors (Lipinski definition) is 3. The zero-order valence-electron chi connectivity index (χ0n) is 6.25. The van der Waals surface area contributed by atoms with Gasteiger partial charge in [-0.1, -0.05) is 23.2 Å². The number of isocyanates is 1. The maximum absolute atomic E-state index is 10.4. The van der Waals surface area contributed by atoms with Crippen LogP contribution in [-0.4, -0.2) is 12.4 Å². The van der Waals surface area contributed by atoms with Gasteiger partial charge in [0.1, 0.15) is 12.0 Å². The quantitative estimate of drug-likeness (QED) is 0.433. The van der Waals surface area contributed by atoms with E-state index in [0.717, 1.165) is 0 Å². The first kappa shape index (κ1) is 9.93. The van der Waals surface area contributed by atoms with Crippen molar-refractivity contribution in [2.45, 2.75) is 0 Å². The molecule has 0 fully saturated rings. The Balaban J connectivity index is 3.38. The molecule has 0 spiro atoms. The predicted octanol–water partition coefficient (Wildman–Crippen LogP) is 2.77. The minimum atomic E-state index is 0.129. The summed E-state index contributed by atoms with van der Waals surface area (Å²) in [5.41, 5.74) is 0.462. The van der Waals surface area contributed by atoms with Gasteiger partial charge in [0.25, 0.3) is 0 Å². The SMILES string of the molecule is O=C=Nc1c(Cl)cc(C=O)cc1Cl. The number of aliphatic imine (C=N–C) groups is 1. The number of aldehydes is 1. The second-order valence-corrected chi connectivity index (χ2v) is 2.97. The van der Waals surface area contributed by atoms with Gasteiger partial charge in [-0.05, 0) is 12.1 Å². The van der Waals surface area contributed by atoms with Gasteiger partial charge in [-0.2, -0.15) is 4.99 Å². The van der Waals surface area contributed by atoms with E-state index in [9.17, 15) is 9.59 Å². The molecule has 66 valence electrons. The molecule has 3 nitrogen and oxygen atoms in total. The van der Waals surface area contributed by atoms with Crippen LogP contribution in [0.1, 0.15) is 10.4 Å². The number of nitrogens with zero attached hydrogens (tertiary/aromatic N) is 1. The molecule has 0 amide bonds. The van der Waals surface area contributed by atoms with Crippen LogP contribution in [0.3, 0.4) is 0 Å². The molecule has 0 aromatic heterocycles. The third kappa shape index (κ3) is 2.16. The average Bonchev–Trinajstić information content (AvgIpc) is 2.11. The van der Waals surface area contributed by atoms with Crippen LogP contribution in [0.15, 0.2) is 17.1 Å². The lowest BCUT2D eigenvalue weighted by atomic mass is 10.2. The van der Waals surface area contributed by atoms with Crippen molar-refractivity contribution in [1.29, 1.82) is 0 Å². The minimum Gasteiger partial charge on any atom is -0.298 e. The normalized spacial score (nSPS) is 9.08. The van der Waals surface area contributed by atoms with Crippen LogP contribution in [0.2, 0.25) is 10.0 Å². The highest BCUT2D eigenvalue weighted by atomic mass is 35.5. The number of hydrogen-bond donors (Lipinski definition) is 0. The van der Waals surface area contributed by atoms with Gasteiger partial charge in [-0.15, -0.1) is 0 Å². The molecule has 0 aliphatic rings. The van der Waals surface area contributed by atoms with Gasteiger partial charge >= 0.3 is 0 Å². The lowest BCUT2D eigenvalue weighted by Gasteiger charge is -1.99. The molecule has 0 atom stereocenters. The van der Waals surface area contributed by atoms with Crippen molar-refractivity contribution in [1.82, 2.24) is 0 Å². The maximum Gasteiger partial charge on any atom is 0.240 e. The zero-order valence-corrected chi connectivity index (χ0v) is 7.76. The van der Waals surface area contributed by atoms with Crippen LogP contribution in [0.4, 0.5) is 5.69 Å². The third-order valence-corrected chi connectivity index (χ3v) is 1.91. The number of benzene rings is 1. The molecule has 13 heavy (non-hydrogen) atoms. The number of rotatable bonds is 2. The first-order valence-corrected chi connectivity index (χ1v) is 3.96. The molecule has 5 heteroatoms. The number of carbonyl (C=O) groups excluding carboxylic acids is 2. The molecule has 0 saturated heterocycles. The monoisotopic (exact) mass is 215 g/mol. The van der Waals surface area contributed by atoms with E-state index in [4.69, 9.17) is 23.2 Å². The Morgan fingerprint density at radius 3 is 2.23 bits per heavy atom. The van der Waals surface area contributed by atoms with Crippen molar-refractivity contribution in [2.75, 3.05) is 0 Å². The first-order valence-electron chi connectivity index (χ1n) is 3.21. The Morgan fingerprint density at radius 2 is 1.85 bits per heavy atom. The molecular weight excluding hydrogens is 213 g/mol. The molecule has 0 N–H and O–H groups in total. The van der Waals surface area contributed by atoms with Gasteiger partial charge in [0.15, 0.2) is 0 Å². The van der Waals surface area contributed by atoms with Gasteiger partial charge in [0, 0.05) is 5.56 Å². The molecule has 0 radical (unpaired) electrons. The lowest BCUT2D eigenvalue weighted by Crippen LogP contribution is -1.80. The van der Waals surface area contributed by atoms with E-state index in [1.54, 1.807) is 0 Å². The fourth-order valence-electron chi connectivity index (χ4n) is 0.806. The summed E-state index contributed by atoms with van der Waals surface area (Å²) < 4.78 is 0. The summed E-state index contributed by atoms with van der Waals surface area (Å²) in [5, 5.41) is 0.302. The van der Waals surface area contributed by atoms with Crippen LogP contribution < -0.4 is 0 Å². The maximum atomic E-state index is 10.4. The highest BCUT2D eigenvalue weighted by molar-refractivity contribution is 6.39. The van der Waals surface area contributed by atoms with Crippen molar-refractivity contribution >= 4 is 41.3 Å². The van der Waals surface area contributed by atoms with Crippen LogP contribution >= 0.6 is 23.2 Å². The minimum absolute atomic E-state index is 0.129. The predicted molar refractivity (Wildman–Crippen MR) is 49.6 cm³/mol. The van der Waals surface area contributed by atoms with Crippen molar-refractivity contribution in [2.24, 2.45) is 4.99 Å². The smallest absolute Gasteiger partial charge is 0.240 e. The second kappa shape index (κ2) is 4.19. The first-order chi connectivity index (χ1) is 6.19. The molecule has 0 bridgehead atoms. The van der Waals surface area contributed by atoms with Gasteiger partial charge in [-0.25, -0.2) is 4.79 Å². The third-order valence-electron chi connectivity index (χ3n) is 1.33. The summed E-state index contributed by atoms with van der Waals surface area (Å²) in [7, 11) is 0. The number of carbonyl (C=O) groups is 1. The van der Waals surface area contributed by atoms with Crippen LogP contribution in [0.5, 0.6) is 0 Å². The summed E-state index contributed by atoms with van der Waals surface area (Å²) in [4.78, 5) is 23.6. The molecule has 1 rings (SSSR count). The standard InChI is InChI=1S/C8H3Cl2NO2/c9-6-1-5(3-12)2-7(10)8(6)11-4-13/h1-3H. The van der Waals surface area contributed by atoms with Crippen LogP contribution in [-0.2, 0) is 4.79 Å². The van der Waals surface area contributed by atoms with E-state index >= 15 is 0 Å². The molecule has 0 unspecified atom stereocenters. The van der Waals surface area contributed by atoms with Gasteiger partial charge in [0.05, 0.1) is 10.0 Å². The Morgan fingerprint density at radius 1 is 1.31 bits per heavy atom. The van der Waals surface area contributed by atoms with E-state index in [1.165, 1.54) is 18.2 Å². The van der Waals surface area contributed by atoms with Crippen molar-refractivity contribution in [3.8, 4) is 0 Å². The van der Waals surface area contributed by atoms with E-state index in [-0.39, 0.29) is 15.7 Å². The van der Waals surface area contributed by atoms with E-state index in [0.29, 0.717) is 11.8 Å². The summed E-state index contributed by atoms with van der Waals surface area (Å²) >= 11 is 11.4. The number of halogens is 2. The average molecular weight is 216 g/mol. The topological polar surface area (TPSA) is 46.5 Å². The molecule has 0 aliphatic carbocycles. The Labute approximate surface area is 84.0 Å². The van der Waals surface area contributed by atoms with E-state index < -0.39 is 0 Å². The molecular formula is C8H3Cl2NO2. The van der Waals surface area contributed by atoms with Gasteiger partial charge in [0.2, 0.25) is 6.08 Å². The van der Waals surface area contributed by atoms with E-state index in [1.807, 2.05) is 0 Å². The Bertz CT molecular complexity index is 374. The molecule has 0 heterocycles. The summed E-state index contributed by atoms with van der Waals surface area (Å²) in [6, 6.07) is 2.74. The summed E-state index contributed by atoms with van der Waals surface area (Å²) in [6.07, 6.45) is 1.92. The largest absolute Gasteiger partial charge is 0.298 e. The fourth-order valence-corrected chi connectivity index (χ4v) is 1.39.